The molecule has 0 saturated carbocycles. The van der Waals surface area contributed by atoms with Gasteiger partial charge in [-0.05, 0) is 47.0 Å². The summed E-state index contributed by atoms with van der Waals surface area (Å²) in [7, 11) is 5.04. The van der Waals surface area contributed by atoms with Crippen LogP contribution in [0.4, 0.5) is 0 Å². The first-order valence-electron chi connectivity index (χ1n) is 6.80. The molecule has 0 spiro atoms. The molecule has 2 N–H and O–H groups in total. The Hall–Kier alpha value is -1.27. The van der Waals surface area contributed by atoms with Gasteiger partial charge in [-0.1, -0.05) is 0 Å². The fraction of sp³-hybridized carbons (Fsp3) is 0.533. The highest BCUT2D eigenvalue weighted by atomic mass is 79.9. The smallest absolute Gasteiger partial charge is 0.225 e. The number of nitrogens with zero attached hydrogens (tertiary/aromatic N) is 1. The van der Waals surface area contributed by atoms with Gasteiger partial charge in [-0.15, -0.1) is 0 Å². The van der Waals surface area contributed by atoms with E-state index in [1.165, 1.54) is 0 Å². The first-order valence-corrected chi connectivity index (χ1v) is 7.59. The van der Waals surface area contributed by atoms with Crippen LogP contribution in [0.25, 0.3) is 0 Å². The minimum atomic E-state index is 0.0265. The summed E-state index contributed by atoms with van der Waals surface area (Å²) >= 11 is 3.48. The molecule has 0 radical (unpaired) electrons. The van der Waals surface area contributed by atoms with Gasteiger partial charge in [0.1, 0.15) is 0 Å². The normalized spacial score (nSPS) is 11.9. The summed E-state index contributed by atoms with van der Waals surface area (Å²) in [5, 5.41) is 0. The van der Waals surface area contributed by atoms with Crippen molar-refractivity contribution in [2.45, 2.75) is 25.8 Å². The van der Waals surface area contributed by atoms with E-state index in [0.717, 1.165) is 16.5 Å². The van der Waals surface area contributed by atoms with Crippen LogP contribution in [0.15, 0.2) is 16.6 Å². The minimum absolute atomic E-state index is 0.0265. The lowest BCUT2D eigenvalue weighted by Crippen LogP contribution is -2.23. The molecule has 5 nitrogen and oxygen atoms in total. The van der Waals surface area contributed by atoms with Crippen LogP contribution >= 0.6 is 15.9 Å². The van der Waals surface area contributed by atoms with Crippen LogP contribution < -0.4 is 15.2 Å². The van der Waals surface area contributed by atoms with Gasteiger partial charge in [0.25, 0.3) is 0 Å². The fourth-order valence-corrected chi connectivity index (χ4v) is 2.47. The Balaban J connectivity index is 2.79. The van der Waals surface area contributed by atoms with E-state index in [4.69, 9.17) is 15.2 Å². The van der Waals surface area contributed by atoms with Crippen LogP contribution in [0.1, 0.15) is 18.9 Å². The monoisotopic (exact) mass is 358 g/mol. The summed E-state index contributed by atoms with van der Waals surface area (Å²) in [6.45, 7) is 2.26. The van der Waals surface area contributed by atoms with Crippen molar-refractivity contribution in [3.8, 4) is 11.5 Å². The van der Waals surface area contributed by atoms with Gasteiger partial charge >= 0.3 is 0 Å². The maximum Gasteiger partial charge on any atom is 0.225 e. The predicted molar refractivity (Wildman–Crippen MR) is 86.9 cm³/mol. The molecule has 0 heterocycles. The average molecular weight is 359 g/mol. The van der Waals surface area contributed by atoms with Crippen molar-refractivity contribution in [3.63, 3.8) is 0 Å². The Morgan fingerprint density at radius 2 is 2.10 bits per heavy atom. The van der Waals surface area contributed by atoms with Gasteiger partial charge in [-0.3, -0.25) is 4.79 Å². The molecular weight excluding hydrogens is 336 g/mol. The van der Waals surface area contributed by atoms with E-state index in [1.54, 1.807) is 26.1 Å². The molecule has 1 aromatic carbocycles. The lowest BCUT2D eigenvalue weighted by atomic mass is 10.1. The third-order valence-corrected chi connectivity index (χ3v) is 3.50. The molecule has 1 unspecified atom stereocenters. The van der Waals surface area contributed by atoms with E-state index in [2.05, 4.69) is 15.9 Å². The largest absolute Gasteiger partial charge is 0.493 e. The molecule has 6 heteroatoms. The molecule has 0 aliphatic rings. The Labute approximate surface area is 134 Å². The lowest BCUT2D eigenvalue weighted by Gasteiger charge is -2.16. The summed E-state index contributed by atoms with van der Waals surface area (Å²) in [4.78, 5) is 13.1. The van der Waals surface area contributed by atoms with E-state index in [9.17, 15) is 4.79 Å². The van der Waals surface area contributed by atoms with E-state index >= 15 is 0 Å². The minimum Gasteiger partial charge on any atom is -0.493 e. The molecule has 1 amide bonds. The molecule has 0 saturated heterocycles. The molecule has 1 rings (SSSR count). The number of amides is 1. The number of ether oxygens (including phenoxy) is 2. The second-order valence-corrected chi connectivity index (χ2v) is 6.03. The van der Waals surface area contributed by atoms with E-state index in [-0.39, 0.29) is 11.9 Å². The zero-order valence-electron chi connectivity index (χ0n) is 13.0. The summed E-state index contributed by atoms with van der Waals surface area (Å²) < 4.78 is 11.9. The Bertz CT molecular complexity index is 490. The molecule has 0 bridgehead atoms. The molecule has 0 aromatic heterocycles. The number of halogens is 1. The van der Waals surface area contributed by atoms with E-state index in [0.29, 0.717) is 24.5 Å². The summed E-state index contributed by atoms with van der Waals surface area (Å²) in [6.07, 6.45) is 1.08. The first-order chi connectivity index (χ1) is 9.85. The van der Waals surface area contributed by atoms with Crippen LogP contribution in [0.3, 0.4) is 0 Å². The molecule has 1 atom stereocenters. The maximum atomic E-state index is 11.5. The standard InChI is InChI=1S/C15H23BrN2O3/c1-10(17)7-11-8-12(16)15(13(9-11)20-4)21-6-5-14(19)18(2)3/h8-10H,5-7,17H2,1-4H3. The molecule has 0 aliphatic heterocycles. The number of rotatable bonds is 7. The number of carbonyl (C=O) groups excluding carboxylic acids is 1. The highest BCUT2D eigenvalue weighted by molar-refractivity contribution is 9.10. The van der Waals surface area contributed by atoms with Gasteiger partial charge in [0.15, 0.2) is 11.5 Å². The predicted octanol–water partition coefficient (Wildman–Crippen LogP) is 2.20. The molecule has 0 aliphatic carbocycles. The third kappa shape index (κ3) is 5.55. The first kappa shape index (κ1) is 17.8. The van der Waals surface area contributed by atoms with Gasteiger partial charge in [-0.25, -0.2) is 0 Å². The van der Waals surface area contributed by atoms with Crippen molar-refractivity contribution < 1.29 is 14.3 Å². The molecule has 0 fully saturated rings. The van der Waals surface area contributed by atoms with Crippen LogP contribution in [-0.2, 0) is 11.2 Å². The van der Waals surface area contributed by atoms with E-state index in [1.807, 2.05) is 19.1 Å². The number of hydrogen-bond donors (Lipinski definition) is 1. The molecule has 1 aromatic rings. The average Bonchev–Trinajstić information content (AvgIpc) is 2.39. The highest BCUT2D eigenvalue weighted by Crippen LogP contribution is 2.37. The van der Waals surface area contributed by atoms with Crippen molar-refractivity contribution in [2.75, 3.05) is 27.8 Å². The van der Waals surface area contributed by atoms with Gasteiger partial charge in [0.2, 0.25) is 5.91 Å². The van der Waals surface area contributed by atoms with Crippen LogP contribution in [0.2, 0.25) is 0 Å². The van der Waals surface area contributed by atoms with Gasteiger partial charge in [0.05, 0.1) is 24.6 Å². The summed E-state index contributed by atoms with van der Waals surface area (Å²) in [5.41, 5.74) is 6.89. The second-order valence-electron chi connectivity index (χ2n) is 5.18. The summed E-state index contributed by atoms with van der Waals surface area (Å²) in [6, 6.07) is 3.96. The Morgan fingerprint density at radius 3 is 2.62 bits per heavy atom. The third-order valence-electron chi connectivity index (χ3n) is 2.91. The van der Waals surface area contributed by atoms with Crippen molar-refractivity contribution in [3.05, 3.63) is 22.2 Å². The van der Waals surface area contributed by atoms with Crippen LogP contribution in [-0.4, -0.2) is 44.7 Å². The summed E-state index contributed by atoms with van der Waals surface area (Å²) in [5.74, 6) is 1.27. The Kier molecular flexibility index (Phi) is 6.98. The number of benzene rings is 1. The molecule has 118 valence electrons. The van der Waals surface area contributed by atoms with Crippen molar-refractivity contribution >= 4 is 21.8 Å². The van der Waals surface area contributed by atoms with Crippen molar-refractivity contribution in [1.29, 1.82) is 0 Å². The lowest BCUT2D eigenvalue weighted by molar-refractivity contribution is -0.129. The van der Waals surface area contributed by atoms with Crippen molar-refractivity contribution in [1.82, 2.24) is 4.90 Å². The highest BCUT2D eigenvalue weighted by Gasteiger charge is 2.13. The molecule has 21 heavy (non-hydrogen) atoms. The number of hydrogen-bond acceptors (Lipinski definition) is 4. The van der Waals surface area contributed by atoms with Crippen LogP contribution in [0, 0.1) is 0 Å². The maximum absolute atomic E-state index is 11.5. The number of carbonyl (C=O) groups is 1. The van der Waals surface area contributed by atoms with Crippen LogP contribution in [0.5, 0.6) is 11.5 Å². The van der Waals surface area contributed by atoms with E-state index < -0.39 is 0 Å². The zero-order chi connectivity index (χ0) is 16.0. The SMILES string of the molecule is COc1cc(CC(C)N)cc(Br)c1OCCC(=O)N(C)C. The van der Waals surface area contributed by atoms with Gasteiger partial charge in [-0.2, -0.15) is 0 Å². The van der Waals surface area contributed by atoms with Gasteiger partial charge in [0, 0.05) is 20.1 Å². The fourth-order valence-electron chi connectivity index (χ4n) is 1.87. The second kappa shape index (κ2) is 8.24. The van der Waals surface area contributed by atoms with Crippen molar-refractivity contribution in [2.24, 2.45) is 5.73 Å². The Morgan fingerprint density at radius 1 is 1.43 bits per heavy atom. The number of methoxy groups -OCH3 is 1. The quantitative estimate of drug-likeness (QED) is 0.811. The zero-order valence-corrected chi connectivity index (χ0v) is 14.6. The van der Waals surface area contributed by atoms with Gasteiger partial charge < -0.3 is 20.1 Å². The topological polar surface area (TPSA) is 64.8 Å². The number of nitrogens with two attached hydrogens (primary N) is 1. The molecular formula is C15H23BrN2O3.